The molecule has 0 aliphatic carbocycles. The lowest BCUT2D eigenvalue weighted by atomic mass is 9.99. The first-order chi connectivity index (χ1) is 9.25. The largest absolute Gasteiger partial charge is 0.289 e. The van der Waals surface area contributed by atoms with Gasteiger partial charge in [-0.25, -0.2) is 4.39 Å². The van der Waals surface area contributed by atoms with Crippen molar-refractivity contribution in [1.82, 2.24) is 4.98 Å². The van der Waals surface area contributed by atoms with E-state index in [1.807, 2.05) is 12.1 Å². The van der Waals surface area contributed by atoms with E-state index in [-0.39, 0.29) is 11.6 Å². The van der Waals surface area contributed by atoms with Crippen molar-refractivity contribution in [3.63, 3.8) is 0 Å². The van der Waals surface area contributed by atoms with Gasteiger partial charge in [0.15, 0.2) is 5.78 Å². The Bertz CT molecular complexity index is 745. The van der Waals surface area contributed by atoms with Gasteiger partial charge in [-0.15, -0.1) is 0 Å². The number of rotatable bonds is 2. The molecule has 0 amide bonds. The number of hydrogen-bond donors (Lipinski definition) is 0. The number of carbonyl (C=O) groups excluding carboxylic acids is 1. The molecule has 19 heavy (non-hydrogen) atoms. The van der Waals surface area contributed by atoms with Crippen molar-refractivity contribution in [3.05, 3.63) is 77.7 Å². The van der Waals surface area contributed by atoms with Crippen molar-refractivity contribution < 1.29 is 9.18 Å². The Morgan fingerprint density at radius 1 is 0.947 bits per heavy atom. The molecule has 0 spiro atoms. The molecule has 3 heteroatoms. The molecule has 0 bridgehead atoms. The number of hydrogen-bond acceptors (Lipinski definition) is 2. The van der Waals surface area contributed by atoms with Crippen LogP contribution in [0.15, 0.2) is 60.8 Å². The van der Waals surface area contributed by atoms with Crippen LogP contribution < -0.4 is 0 Å². The lowest BCUT2D eigenvalue weighted by molar-refractivity contribution is 0.104. The molecule has 1 aromatic heterocycles. The molecule has 0 atom stereocenters. The number of carbonyl (C=O) groups is 1. The van der Waals surface area contributed by atoms with E-state index >= 15 is 0 Å². The Morgan fingerprint density at radius 3 is 2.53 bits per heavy atom. The van der Waals surface area contributed by atoms with E-state index in [1.54, 1.807) is 24.4 Å². The van der Waals surface area contributed by atoms with Crippen LogP contribution >= 0.6 is 0 Å². The number of aromatic nitrogens is 1. The van der Waals surface area contributed by atoms with Gasteiger partial charge in [0.25, 0.3) is 0 Å². The summed E-state index contributed by atoms with van der Waals surface area (Å²) in [6, 6.07) is 14.6. The number of ketones is 1. The van der Waals surface area contributed by atoms with Crippen molar-refractivity contribution in [2.75, 3.05) is 0 Å². The molecular formula is C16H10FNO. The average Bonchev–Trinajstić information content (AvgIpc) is 2.47. The fourth-order valence-electron chi connectivity index (χ4n) is 2.06. The number of nitrogens with zero attached hydrogens (tertiary/aromatic N) is 1. The zero-order chi connectivity index (χ0) is 13.2. The third-order valence-corrected chi connectivity index (χ3v) is 3.00. The summed E-state index contributed by atoms with van der Waals surface area (Å²) >= 11 is 0. The molecular weight excluding hydrogens is 241 g/mol. The summed E-state index contributed by atoms with van der Waals surface area (Å²) in [5, 5.41) is 0.805. The maximum atomic E-state index is 12.9. The number of fused-ring (bicyclic) bond motifs is 1. The van der Waals surface area contributed by atoms with Gasteiger partial charge in [0, 0.05) is 22.7 Å². The summed E-state index contributed by atoms with van der Waals surface area (Å²) < 4.78 is 12.9. The molecule has 2 aromatic carbocycles. The Morgan fingerprint density at radius 2 is 1.74 bits per heavy atom. The van der Waals surface area contributed by atoms with E-state index in [0.29, 0.717) is 11.1 Å². The van der Waals surface area contributed by atoms with Crippen LogP contribution in [0, 0.1) is 5.82 Å². The van der Waals surface area contributed by atoms with Crippen LogP contribution in [0.4, 0.5) is 4.39 Å². The van der Waals surface area contributed by atoms with Crippen molar-refractivity contribution in [2.45, 2.75) is 0 Å². The molecule has 0 unspecified atom stereocenters. The SMILES string of the molecule is O=C(c1ccc(F)cc1)c1cccc2ncccc12. The second-order valence-corrected chi connectivity index (χ2v) is 4.21. The molecule has 92 valence electrons. The number of pyridine rings is 1. The number of benzene rings is 2. The van der Waals surface area contributed by atoms with Gasteiger partial charge >= 0.3 is 0 Å². The van der Waals surface area contributed by atoms with Gasteiger partial charge in [-0.2, -0.15) is 0 Å². The topological polar surface area (TPSA) is 30.0 Å². The third-order valence-electron chi connectivity index (χ3n) is 3.00. The van der Waals surface area contributed by atoms with Crippen LogP contribution in [0.3, 0.4) is 0 Å². The average molecular weight is 251 g/mol. The zero-order valence-corrected chi connectivity index (χ0v) is 10.0. The predicted octanol–water partition coefficient (Wildman–Crippen LogP) is 3.60. The molecule has 0 aliphatic rings. The summed E-state index contributed by atoms with van der Waals surface area (Å²) in [5.41, 5.74) is 1.82. The van der Waals surface area contributed by atoms with Crippen LogP contribution in [0.2, 0.25) is 0 Å². The summed E-state index contributed by atoms with van der Waals surface area (Å²) in [5.74, 6) is -0.477. The Labute approximate surface area is 109 Å². The molecule has 0 radical (unpaired) electrons. The summed E-state index contributed by atoms with van der Waals surface area (Å²) in [4.78, 5) is 16.6. The summed E-state index contributed by atoms with van der Waals surface area (Å²) in [6.07, 6.45) is 1.69. The molecule has 0 saturated carbocycles. The van der Waals surface area contributed by atoms with Gasteiger partial charge in [0.1, 0.15) is 5.82 Å². The summed E-state index contributed by atoms with van der Waals surface area (Å²) in [6.45, 7) is 0. The van der Waals surface area contributed by atoms with Crippen LogP contribution in [0.25, 0.3) is 10.9 Å². The second-order valence-electron chi connectivity index (χ2n) is 4.21. The highest BCUT2D eigenvalue weighted by Gasteiger charge is 2.12. The van der Waals surface area contributed by atoms with Gasteiger partial charge in [-0.1, -0.05) is 18.2 Å². The van der Waals surface area contributed by atoms with Gasteiger partial charge in [-0.05, 0) is 36.4 Å². The van der Waals surface area contributed by atoms with E-state index in [1.165, 1.54) is 24.3 Å². The fourth-order valence-corrected chi connectivity index (χ4v) is 2.06. The van der Waals surface area contributed by atoms with E-state index in [9.17, 15) is 9.18 Å². The van der Waals surface area contributed by atoms with E-state index in [2.05, 4.69) is 4.98 Å². The van der Waals surface area contributed by atoms with Crippen molar-refractivity contribution in [1.29, 1.82) is 0 Å². The van der Waals surface area contributed by atoms with E-state index in [0.717, 1.165) is 10.9 Å². The van der Waals surface area contributed by atoms with Gasteiger partial charge in [0.05, 0.1) is 5.52 Å². The smallest absolute Gasteiger partial charge is 0.193 e. The van der Waals surface area contributed by atoms with Crippen molar-refractivity contribution in [2.24, 2.45) is 0 Å². The minimum Gasteiger partial charge on any atom is -0.289 e. The maximum Gasteiger partial charge on any atom is 0.193 e. The van der Waals surface area contributed by atoms with E-state index < -0.39 is 0 Å². The maximum absolute atomic E-state index is 12.9. The summed E-state index contributed by atoms with van der Waals surface area (Å²) in [7, 11) is 0. The zero-order valence-electron chi connectivity index (χ0n) is 10.0. The highest BCUT2D eigenvalue weighted by Crippen LogP contribution is 2.20. The molecule has 3 aromatic rings. The normalized spacial score (nSPS) is 10.6. The molecule has 0 fully saturated rings. The second kappa shape index (κ2) is 4.61. The highest BCUT2D eigenvalue weighted by molar-refractivity contribution is 6.15. The lowest BCUT2D eigenvalue weighted by Crippen LogP contribution is -2.02. The van der Waals surface area contributed by atoms with Gasteiger partial charge in [0.2, 0.25) is 0 Å². The van der Waals surface area contributed by atoms with Crippen LogP contribution in [-0.4, -0.2) is 10.8 Å². The third kappa shape index (κ3) is 2.10. The highest BCUT2D eigenvalue weighted by atomic mass is 19.1. The van der Waals surface area contributed by atoms with Crippen molar-refractivity contribution in [3.8, 4) is 0 Å². The molecule has 0 aliphatic heterocycles. The molecule has 3 rings (SSSR count). The fraction of sp³-hybridized carbons (Fsp3) is 0. The molecule has 2 nitrogen and oxygen atoms in total. The first-order valence-electron chi connectivity index (χ1n) is 5.90. The van der Waals surface area contributed by atoms with Crippen molar-refractivity contribution >= 4 is 16.7 Å². The van der Waals surface area contributed by atoms with Crippen LogP contribution in [0.1, 0.15) is 15.9 Å². The Hall–Kier alpha value is -2.55. The van der Waals surface area contributed by atoms with Gasteiger partial charge in [-0.3, -0.25) is 9.78 Å². The first-order valence-corrected chi connectivity index (χ1v) is 5.90. The Kier molecular flexibility index (Phi) is 2.80. The lowest BCUT2D eigenvalue weighted by Gasteiger charge is -2.05. The molecule has 1 heterocycles. The quantitative estimate of drug-likeness (QED) is 0.651. The minimum atomic E-state index is -0.351. The van der Waals surface area contributed by atoms with Crippen LogP contribution in [0.5, 0.6) is 0 Å². The minimum absolute atomic E-state index is 0.126. The molecule has 0 saturated heterocycles. The molecule has 0 N–H and O–H groups in total. The van der Waals surface area contributed by atoms with Crippen LogP contribution in [-0.2, 0) is 0 Å². The first kappa shape index (κ1) is 11.5. The Balaban J connectivity index is 2.14. The predicted molar refractivity (Wildman–Crippen MR) is 71.6 cm³/mol. The van der Waals surface area contributed by atoms with Gasteiger partial charge < -0.3 is 0 Å². The number of halogens is 1. The standard InChI is InChI=1S/C16H10FNO/c17-12-8-6-11(7-9-12)16(19)14-3-1-5-15-13(14)4-2-10-18-15/h1-10H. The van der Waals surface area contributed by atoms with E-state index in [4.69, 9.17) is 0 Å². The monoisotopic (exact) mass is 251 g/mol.